The Morgan fingerprint density at radius 1 is 1.36 bits per heavy atom. The van der Waals surface area contributed by atoms with Gasteiger partial charge in [0.25, 0.3) is 0 Å². The number of nitrogens with one attached hydrogen (secondary N) is 1. The number of hydrogen-bond donors (Lipinski definition) is 2. The van der Waals surface area contributed by atoms with Crippen molar-refractivity contribution in [2.75, 3.05) is 32.8 Å². The van der Waals surface area contributed by atoms with E-state index in [-0.39, 0.29) is 23.9 Å². The number of hydrogen-bond acceptors (Lipinski definition) is 5. The lowest BCUT2D eigenvalue weighted by Gasteiger charge is -2.33. The van der Waals surface area contributed by atoms with Gasteiger partial charge < -0.3 is 20.2 Å². The summed E-state index contributed by atoms with van der Waals surface area (Å²) in [5, 5.41) is 3.01. The van der Waals surface area contributed by atoms with E-state index in [2.05, 4.69) is 10.2 Å². The van der Waals surface area contributed by atoms with E-state index in [9.17, 15) is 4.79 Å². The minimum absolute atomic E-state index is 0.0171. The molecule has 1 aromatic heterocycles. The molecule has 1 aliphatic heterocycles. The van der Waals surface area contributed by atoms with Crippen LogP contribution < -0.4 is 11.1 Å². The zero-order valence-electron chi connectivity index (χ0n) is 13.7. The molecule has 0 aliphatic carbocycles. The monoisotopic (exact) mass is 309 g/mol. The fraction of sp³-hybridized carbons (Fsp3) is 0.688. The van der Waals surface area contributed by atoms with E-state index in [1.54, 1.807) is 0 Å². The highest BCUT2D eigenvalue weighted by Gasteiger charge is 2.26. The highest BCUT2D eigenvalue weighted by atomic mass is 16.5. The second kappa shape index (κ2) is 7.76. The number of rotatable bonds is 6. The molecule has 124 valence electrons. The summed E-state index contributed by atoms with van der Waals surface area (Å²) < 4.78 is 11.2. The van der Waals surface area contributed by atoms with E-state index in [4.69, 9.17) is 14.9 Å². The molecule has 0 bridgehead atoms. The predicted molar refractivity (Wildman–Crippen MR) is 84.4 cm³/mol. The number of morpholine rings is 1. The van der Waals surface area contributed by atoms with Gasteiger partial charge in [0, 0.05) is 31.6 Å². The molecule has 2 rings (SSSR count). The molecule has 22 heavy (non-hydrogen) atoms. The largest absolute Gasteiger partial charge is 0.465 e. The Bertz CT molecular complexity index is 481. The first kappa shape index (κ1) is 17.0. The maximum absolute atomic E-state index is 12.1. The number of ether oxygens (including phenoxy) is 1. The van der Waals surface area contributed by atoms with E-state index in [0.29, 0.717) is 19.8 Å². The van der Waals surface area contributed by atoms with Crippen molar-refractivity contribution in [2.45, 2.75) is 32.9 Å². The van der Waals surface area contributed by atoms with Gasteiger partial charge in [0.05, 0.1) is 19.3 Å². The summed E-state index contributed by atoms with van der Waals surface area (Å²) in [6.45, 7) is 9.23. The summed E-state index contributed by atoms with van der Waals surface area (Å²) in [5.74, 6) is 1.54. The molecule has 0 aromatic carbocycles. The molecule has 1 amide bonds. The SMILES string of the molecule is Cc1ccc(C(CNC(=O)C(C)C(C)N)N2CCOCC2)o1. The van der Waals surface area contributed by atoms with Crippen molar-refractivity contribution in [1.82, 2.24) is 10.2 Å². The van der Waals surface area contributed by atoms with Crippen LogP contribution in [-0.4, -0.2) is 49.7 Å². The van der Waals surface area contributed by atoms with Crippen molar-refractivity contribution >= 4 is 5.91 Å². The number of nitrogens with zero attached hydrogens (tertiary/aromatic N) is 1. The summed E-state index contributed by atoms with van der Waals surface area (Å²) in [6.07, 6.45) is 0. The lowest BCUT2D eigenvalue weighted by Crippen LogP contribution is -2.46. The highest BCUT2D eigenvalue weighted by Crippen LogP contribution is 2.23. The fourth-order valence-electron chi connectivity index (χ4n) is 2.53. The topological polar surface area (TPSA) is 80.7 Å². The lowest BCUT2D eigenvalue weighted by molar-refractivity contribution is -0.125. The van der Waals surface area contributed by atoms with Crippen LogP contribution >= 0.6 is 0 Å². The fourth-order valence-corrected chi connectivity index (χ4v) is 2.53. The first-order chi connectivity index (χ1) is 10.5. The maximum atomic E-state index is 12.1. The first-order valence-electron chi connectivity index (χ1n) is 7.90. The van der Waals surface area contributed by atoms with Gasteiger partial charge in [-0.05, 0) is 26.0 Å². The summed E-state index contributed by atoms with van der Waals surface area (Å²) in [7, 11) is 0. The Morgan fingerprint density at radius 3 is 2.59 bits per heavy atom. The molecule has 0 spiro atoms. The van der Waals surface area contributed by atoms with Crippen molar-refractivity contribution in [1.29, 1.82) is 0 Å². The van der Waals surface area contributed by atoms with Gasteiger partial charge in [0.15, 0.2) is 0 Å². The van der Waals surface area contributed by atoms with Gasteiger partial charge in [-0.3, -0.25) is 9.69 Å². The standard InChI is InChI=1S/C16H27N3O3/c1-11-4-5-15(22-11)14(19-6-8-21-9-7-19)10-18-16(20)12(2)13(3)17/h4-5,12-14H,6-10,17H2,1-3H3,(H,18,20). The molecule has 1 aromatic rings. The zero-order valence-corrected chi connectivity index (χ0v) is 13.7. The van der Waals surface area contributed by atoms with Crippen LogP contribution in [0.2, 0.25) is 0 Å². The van der Waals surface area contributed by atoms with Crippen molar-refractivity contribution in [3.8, 4) is 0 Å². The molecule has 3 unspecified atom stereocenters. The number of furan rings is 1. The van der Waals surface area contributed by atoms with Crippen molar-refractivity contribution in [3.05, 3.63) is 23.7 Å². The molecule has 0 radical (unpaired) electrons. The van der Waals surface area contributed by atoms with Crippen LogP contribution in [0.4, 0.5) is 0 Å². The van der Waals surface area contributed by atoms with E-state index in [0.717, 1.165) is 24.6 Å². The van der Waals surface area contributed by atoms with Crippen LogP contribution in [-0.2, 0) is 9.53 Å². The molecule has 2 heterocycles. The van der Waals surface area contributed by atoms with E-state index >= 15 is 0 Å². The second-order valence-corrected chi connectivity index (χ2v) is 6.01. The number of amides is 1. The van der Waals surface area contributed by atoms with Crippen molar-refractivity contribution in [3.63, 3.8) is 0 Å². The average molecular weight is 309 g/mol. The van der Waals surface area contributed by atoms with Gasteiger partial charge in [0.1, 0.15) is 11.5 Å². The van der Waals surface area contributed by atoms with Crippen molar-refractivity contribution < 1.29 is 13.9 Å². The van der Waals surface area contributed by atoms with E-state index < -0.39 is 0 Å². The van der Waals surface area contributed by atoms with Gasteiger partial charge in [-0.25, -0.2) is 0 Å². The smallest absolute Gasteiger partial charge is 0.224 e. The van der Waals surface area contributed by atoms with Crippen LogP contribution in [0, 0.1) is 12.8 Å². The van der Waals surface area contributed by atoms with E-state index in [1.165, 1.54) is 0 Å². The molecule has 3 atom stereocenters. The zero-order chi connectivity index (χ0) is 16.1. The highest BCUT2D eigenvalue weighted by molar-refractivity contribution is 5.78. The quantitative estimate of drug-likeness (QED) is 0.821. The summed E-state index contributed by atoms with van der Waals surface area (Å²) in [4.78, 5) is 14.4. The Kier molecular flexibility index (Phi) is 5.99. The van der Waals surface area contributed by atoms with Gasteiger partial charge in [-0.15, -0.1) is 0 Å². The molecular formula is C16H27N3O3. The summed E-state index contributed by atoms with van der Waals surface area (Å²) in [5.41, 5.74) is 5.79. The normalized spacial score (nSPS) is 20.4. The molecule has 6 heteroatoms. The van der Waals surface area contributed by atoms with E-state index in [1.807, 2.05) is 32.9 Å². The Morgan fingerprint density at radius 2 is 2.05 bits per heavy atom. The Balaban J connectivity index is 2.03. The number of nitrogens with two attached hydrogens (primary N) is 1. The third kappa shape index (κ3) is 4.32. The van der Waals surface area contributed by atoms with Crippen LogP contribution in [0.25, 0.3) is 0 Å². The van der Waals surface area contributed by atoms with Crippen LogP contribution in [0.3, 0.4) is 0 Å². The minimum atomic E-state index is -0.205. The average Bonchev–Trinajstić information content (AvgIpc) is 2.93. The van der Waals surface area contributed by atoms with Gasteiger partial charge >= 0.3 is 0 Å². The maximum Gasteiger partial charge on any atom is 0.224 e. The molecule has 1 aliphatic rings. The number of carbonyl (C=O) groups is 1. The Labute approximate surface area is 132 Å². The predicted octanol–water partition coefficient (Wildman–Crippen LogP) is 1.06. The minimum Gasteiger partial charge on any atom is -0.465 e. The molecule has 0 saturated carbocycles. The van der Waals surface area contributed by atoms with Crippen molar-refractivity contribution in [2.24, 2.45) is 11.7 Å². The second-order valence-electron chi connectivity index (χ2n) is 6.01. The lowest BCUT2D eigenvalue weighted by atomic mass is 10.0. The number of aryl methyl sites for hydroxylation is 1. The molecule has 1 saturated heterocycles. The summed E-state index contributed by atoms with van der Waals surface area (Å²) >= 11 is 0. The molecule has 3 N–H and O–H groups in total. The summed E-state index contributed by atoms with van der Waals surface area (Å²) in [6, 6.07) is 3.81. The number of carbonyl (C=O) groups excluding carboxylic acids is 1. The van der Waals surface area contributed by atoms with Crippen LogP contribution in [0.5, 0.6) is 0 Å². The molecule has 6 nitrogen and oxygen atoms in total. The first-order valence-corrected chi connectivity index (χ1v) is 7.90. The van der Waals surface area contributed by atoms with Crippen LogP contribution in [0.15, 0.2) is 16.5 Å². The van der Waals surface area contributed by atoms with Gasteiger partial charge in [0.2, 0.25) is 5.91 Å². The van der Waals surface area contributed by atoms with Gasteiger partial charge in [-0.2, -0.15) is 0 Å². The van der Waals surface area contributed by atoms with Gasteiger partial charge in [-0.1, -0.05) is 6.92 Å². The molecule has 1 fully saturated rings. The third-order valence-electron chi connectivity index (χ3n) is 4.25. The third-order valence-corrected chi connectivity index (χ3v) is 4.25. The Hall–Kier alpha value is -1.37. The molecular weight excluding hydrogens is 282 g/mol. The van der Waals surface area contributed by atoms with Crippen LogP contribution in [0.1, 0.15) is 31.4 Å².